The van der Waals surface area contributed by atoms with E-state index in [1.54, 1.807) is 0 Å². The molecule has 2 N–H and O–H groups in total. The van der Waals surface area contributed by atoms with Crippen LogP contribution in [0.1, 0.15) is 58.3 Å². The minimum absolute atomic E-state index is 0.422. The van der Waals surface area contributed by atoms with Gasteiger partial charge in [0.25, 0.3) is 0 Å². The van der Waals surface area contributed by atoms with Gasteiger partial charge in [-0.25, -0.2) is 0 Å². The van der Waals surface area contributed by atoms with Crippen molar-refractivity contribution < 1.29 is 4.74 Å². The minimum atomic E-state index is 0.422. The largest absolute Gasteiger partial charge is 0.377 e. The van der Waals surface area contributed by atoms with Gasteiger partial charge in [-0.1, -0.05) is 6.42 Å². The molecule has 26 heavy (non-hydrogen) atoms. The lowest BCUT2D eigenvalue weighted by Gasteiger charge is -2.63. The summed E-state index contributed by atoms with van der Waals surface area (Å²) in [7, 11) is 0. The highest BCUT2D eigenvalue weighted by Crippen LogP contribution is 2.62. The van der Waals surface area contributed by atoms with Gasteiger partial charge < -0.3 is 20.3 Å². The first-order valence-corrected chi connectivity index (χ1v) is 11.2. The van der Waals surface area contributed by atoms with Crippen LogP contribution >= 0.6 is 0 Å². The number of guanidine groups is 1. The fourth-order valence-corrected chi connectivity index (χ4v) is 6.01. The van der Waals surface area contributed by atoms with Gasteiger partial charge in [-0.2, -0.15) is 0 Å². The Bertz CT molecular complexity index is 534. The van der Waals surface area contributed by atoms with E-state index in [-0.39, 0.29) is 0 Å². The number of fused-ring (bicyclic) bond motifs is 2. The van der Waals surface area contributed by atoms with Gasteiger partial charge in [-0.3, -0.25) is 4.99 Å². The normalized spacial score (nSPS) is 37.1. The number of hydrogen-bond acceptors (Lipinski definition) is 3. The third-order valence-electron chi connectivity index (χ3n) is 7.79. The van der Waals surface area contributed by atoms with E-state index in [4.69, 9.17) is 9.73 Å². The molecule has 0 aromatic rings. The number of nitrogens with zero attached hydrogens (tertiary/aromatic N) is 2. The standard InChI is InChI=1S/C21H36N4O/c1-2-22-20(23-16-6-11-25(12-7-16)14-15-4-5-15)24-18-17-8-13-26-19(17)21(18)9-3-10-21/h15-19H,2-14H2,1H3,(H2,22,23,24). The van der Waals surface area contributed by atoms with Crippen molar-refractivity contribution in [3.8, 4) is 0 Å². The second kappa shape index (κ2) is 6.97. The molecular formula is C21H36N4O. The zero-order valence-electron chi connectivity index (χ0n) is 16.4. The van der Waals surface area contributed by atoms with Crippen molar-refractivity contribution in [1.82, 2.24) is 15.5 Å². The van der Waals surface area contributed by atoms with Crippen molar-refractivity contribution in [1.29, 1.82) is 0 Å². The third kappa shape index (κ3) is 3.05. The molecular weight excluding hydrogens is 324 g/mol. The molecule has 0 bridgehead atoms. The molecule has 5 nitrogen and oxygen atoms in total. The smallest absolute Gasteiger partial charge is 0.191 e. The average molecular weight is 361 g/mol. The molecule has 2 saturated heterocycles. The van der Waals surface area contributed by atoms with Crippen molar-refractivity contribution in [3.05, 3.63) is 0 Å². The molecule has 146 valence electrons. The molecule has 5 fully saturated rings. The number of nitrogens with one attached hydrogen (secondary N) is 2. The summed E-state index contributed by atoms with van der Waals surface area (Å²) in [5, 5.41) is 7.65. The van der Waals surface area contributed by atoms with E-state index in [1.807, 2.05) is 0 Å². The van der Waals surface area contributed by atoms with Gasteiger partial charge in [-0.05, 0) is 57.8 Å². The number of likely N-dealkylation sites (tertiary alicyclic amines) is 1. The topological polar surface area (TPSA) is 48.9 Å². The van der Waals surface area contributed by atoms with E-state index < -0.39 is 0 Å². The average Bonchev–Trinajstić information content (AvgIpc) is 3.31. The van der Waals surface area contributed by atoms with Gasteiger partial charge in [0, 0.05) is 56.2 Å². The van der Waals surface area contributed by atoms with Gasteiger partial charge in [-0.15, -0.1) is 0 Å². The Hall–Kier alpha value is -0.810. The van der Waals surface area contributed by atoms with Crippen LogP contribution in [-0.2, 0) is 4.74 Å². The van der Waals surface area contributed by atoms with Crippen LogP contribution in [0.5, 0.6) is 0 Å². The van der Waals surface area contributed by atoms with Gasteiger partial charge in [0.05, 0.1) is 6.10 Å². The molecule has 3 aliphatic carbocycles. The molecule has 0 aromatic carbocycles. The summed E-state index contributed by atoms with van der Waals surface area (Å²) in [5.41, 5.74) is 0.422. The second-order valence-electron chi connectivity index (χ2n) is 9.44. The summed E-state index contributed by atoms with van der Waals surface area (Å²) in [5.74, 6) is 2.78. The van der Waals surface area contributed by atoms with Gasteiger partial charge in [0.1, 0.15) is 0 Å². The first-order chi connectivity index (χ1) is 12.8. The van der Waals surface area contributed by atoms with Gasteiger partial charge >= 0.3 is 0 Å². The molecule has 5 rings (SSSR count). The van der Waals surface area contributed by atoms with Crippen LogP contribution < -0.4 is 10.6 Å². The van der Waals surface area contributed by atoms with Crippen LogP contribution in [0.2, 0.25) is 0 Å². The predicted molar refractivity (Wildman–Crippen MR) is 104 cm³/mol. The quantitative estimate of drug-likeness (QED) is 0.584. The van der Waals surface area contributed by atoms with Crippen molar-refractivity contribution in [3.63, 3.8) is 0 Å². The molecule has 5 heteroatoms. The zero-order chi connectivity index (χ0) is 17.6. The Kier molecular flexibility index (Phi) is 4.64. The van der Waals surface area contributed by atoms with Crippen LogP contribution in [0.25, 0.3) is 0 Å². The second-order valence-corrected chi connectivity index (χ2v) is 9.44. The van der Waals surface area contributed by atoms with Gasteiger partial charge in [0.15, 0.2) is 5.96 Å². The monoisotopic (exact) mass is 360 g/mol. The fourth-order valence-electron chi connectivity index (χ4n) is 6.01. The summed E-state index contributed by atoms with van der Waals surface area (Å²) in [6.07, 6.45) is 11.2. The van der Waals surface area contributed by atoms with Crippen LogP contribution in [0, 0.1) is 17.3 Å². The summed E-state index contributed by atoms with van der Waals surface area (Å²) in [4.78, 5) is 7.47. The Morgan fingerprint density at radius 2 is 1.92 bits per heavy atom. The number of aliphatic imine (C=N–C) groups is 1. The molecule has 0 amide bonds. The van der Waals surface area contributed by atoms with Crippen LogP contribution in [-0.4, -0.2) is 61.8 Å². The van der Waals surface area contributed by atoms with E-state index in [0.29, 0.717) is 29.5 Å². The van der Waals surface area contributed by atoms with Gasteiger partial charge in [0.2, 0.25) is 0 Å². The predicted octanol–water partition coefficient (Wildman–Crippen LogP) is 2.37. The molecule has 2 aliphatic heterocycles. The molecule has 2 heterocycles. The first kappa shape index (κ1) is 17.3. The molecule has 3 unspecified atom stereocenters. The number of hydrogen-bond donors (Lipinski definition) is 2. The van der Waals surface area contributed by atoms with E-state index in [1.165, 1.54) is 71.0 Å². The lowest BCUT2D eigenvalue weighted by molar-refractivity contribution is -0.171. The summed E-state index contributed by atoms with van der Waals surface area (Å²) in [6, 6.07) is 1.16. The molecule has 3 saturated carbocycles. The summed E-state index contributed by atoms with van der Waals surface area (Å²) in [6.45, 7) is 7.79. The van der Waals surface area contributed by atoms with Crippen molar-refractivity contribution in [2.24, 2.45) is 22.2 Å². The summed E-state index contributed by atoms with van der Waals surface area (Å²) >= 11 is 0. The maximum Gasteiger partial charge on any atom is 0.191 e. The van der Waals surface area contributed by atoms with Crippen LogP contribution in [0.4, 0.5) is 0 Å². The third-order valence-corrected chi connectivity index (χ3v) is 7.79. The SMILES string of the molecule is CCN=C(NC1CCN(CC2CC2)CC1)NC1C2CCOC2C12CCC2. The zero-order valence-corrected chi connectivity index (χ0v) is 16.4. The highest BCUT2D eigenvalue weighted by atomic mass is 16.5. The van der Waals surface area contributed by atoms with E-state index in [2.05, 4.69) is 22.5 Å². The Labute approximate surface area is 158 Å². The highest BCUT2D eigenvalue weighted by Gasteiger charge is 2.66. The fraction of sp³-hybridized carbons (Fsp3) is 0.952. The van der Waals surface area contributed by atoms with Crippen molar-refractivity contribution >= 4 is 5.96 Å². The number of ether oxygens (including phenoxy) is 1. The molecule has 0 aromatic heterocycles. The lowest BCUT2D eigenvalue weighted by Crippen LogP contribution is -2.72. The van der Waals surface area contributed by atoms with E-state index >= 15 is 0 Å². The molecule has 1 spiro atoms. The van der Waals surface area contributed by atoms with E-state index in [9.17, 15) is 0 Å². The van der Waals surface area contributed by atoms with E-state index in [0.717, 1.165) is 25.0 Å². The Balaban J connectivity index is 1.16. The van der Waals surface area contributed by atoms with Crippen molar-refractivity contribution in [2.75, 3.05) is 32.8 Å². The van der Waals surface area contributed by atoms with Crippen molar-refractivity contribution in [2.45, 2.75) is 76.5 Å². The first-order valence-electron chi connectivity index (χ1n) is 11.2. The molecule has 3 atom stereocenters. The molecule has 0 radical (unpaired) electrons. The molecule has 5 aliphatic rings. The summed E-state index contributed by atoms with van der Waals surface area (Å²) < 4.78 is 6.07. The lowest BCUT2D eigenvalue weighted by atomic mass is 9.46. The Morgan fingerprint density at radius 1 is 1.12 bits per heavy atom. The minimum Gasteiger partial charge on any atom is -0.377 e. The number of rotatable bonds is 5. The number of piperidine rings is 1. The Morgan fingerprint density at radius 3 is 2.58 bits per heavy atom. The van der Waals surface area contributed by atoms with Crippen LogP contribution in [0.15, 0.2) is 4.99 Å². The maximum atomic E-state index is 6.07. The van der Waals surface area contributed by atoms with Crippen LogP contribution in [0.3, 0.4) is 0 Å². The maximum absolute atomic E-state index is 6.07. The highest BCUT2D eigenvalue weighted by molar-refractivity contribution is 5.80.